The molecule has 1 aromatic carbocycles. The van der Waals surface area contributed by atoms with E-state index in [-0.39, 0.29) is 53.9 Å². The number of pyridine rings is 2. The normalized spacial score (nSPS) is 19.6. The van der Waals surface area contributed by atoms with E-state index < -0.39 is 11.9 Å². The summed E-state index contributed by atoms with van der Waals surface area (Å²) in [6, 6.07) is 20.2. The fourth-order valence-corrected chi connectivity index (χ4v) is 6.10. The Labute approximate surface area is 306 Å². The van der Waals surface area contributed by atoms with Crippen molar-refractivity contribution in [3.05, 3.63) is 83.9 Å². The molecule has 244 valence electrons. The predicted octanol–water partition coefficient (Wildman–Crippen LogP) is 1.85. The van der Waals surface area contributed by atoms with E-state index in [1.807, 2.05) is 50.9 Å². The summed E-state index contributed by atoms with van der Waals surface area (Å²) in [4.78, 5) is 42.2. The number of benzene rings is 1. The van der Waals surface area contributed by atoms with Crippen molar-refractivity contribution in [1.82, 2.24) is 44.6 Å². The maximum Gasteiger partial charge on any atom is 0.317 e. The van der Waals surface area contributed by atoms with Crippen LogP contribution in [0.5, 0.6) is 0 Å². The summed E-state index contributed by atoms with van der Waals surface area (Å²) in [7, 11) is 0. The van der Waals surface area contributed by atoms with Crippen LogP contribution in [0.1, 0.15) is 17.1 Å². The number of carboxylic acid groups (broad SMARTS) is 2. The third-order valence-corrected chi connectivity index (χ3v) is 8.46. The number of carboxylic acids is 2. The van der Waals surface area contributed by atoms with E-state index in [0.29, 0.717) is 72.0 Å². The first-order valence-electron chi connectivity index (χ1n) is 15.6. The van der Waals surface area contributed by atoms with Crippen LogP contribution in [-0.2, 0) is 29.2 Å². The van der Waals surface area contributed by atoms with Crippen LogP contribution in [0.2, 0.25) is 0 Å². The molecule has 0 saturated carbocycles. The van der Waals surface area contributed by atoms with Gasteiger partial charge >= 0.3 is 11.9 Å². The fraction of sp³-hybridized carbons (Fsp3) is 0.394. The molecule has 0 aliphatic carbocycles. The van der Waals surface area contributed by atoms with Crippen molar-refractivity contribution in [2.45, 2.75) is 19.6 Å². The van der Waals surface area contributed by atoms with Crippen LogP contribution >= 0.6 is 0 Å². The van der Waals surface area contributed by atoms with Gasteiger partial charge in [-0.05, 0) is 35.4 Å². The molecule has 3 aliphatic rings. The third kappa shape index (κ3) is 9.90. The van der Waals surface area contributed by atoms with E-state index in [0.717, 1.165) is 39.6 Å². The Balaban J connectivity index is 0.00000433. The first-order chi connectivity index (χ1) is 22.4. The average molecular weight is 770 g/mol. The van der Waals surface area contributed by atoms with Crippen molar-refractivity contribution >= 4 is 11.9 Å². The maximum atomic E-state index is 11.8. The number of hydrogen-bond acceptors (Lipinski definition) is 10. The first kappa shape index (κ1) is 35.1. The summed E-state index contributed by atoms with van der Waals surface area (Å²) in [5, 5.41) is 28.0. The van der Waals surface area contributed by atoms with Crippen molar-refractivity contribution < 1.29 is 60.6 Å². The van der Waals surface area contributed by atoms with Gasteiger partial charge in [0.25, 0.3) is 0 Å². The summed E-state index contributed by atoms with van der Waals surface area (Å²) in [5.41, 5.74) is 6.18. The molecule has 3 aromatic heterocycles. The molecule has 0 atom stereocenters. The largest absolute Gasteiger partial charge is 0.480 e. The van der Waals surface area contributed by atoms with Crippen molar-refractivity contribution in [3.8, 4) is 22.5 Å². The number of aromatic nitrogens is 5. The predicted molar refractivity (Wildman–Crippen MR) is 171 cm³/mol. The van der Waals surface area contributed by atoms with Crippen LogP contribution in [0.4, 0.5) is 0 Å². The van der Waals surface area contributed by atoms with Gasteiger partial charge < -0.3 is 10.2 Å². The van der Waals surface area contributed by atoms with Crippen molar-refractivity contribution in [1.29, 1.82) is 0 Å². The fourth-order valence-electron chi connectivity index (χ4n) is 6.10. The zero-order valence-electron chi connectivity index (χ0n) is 26.3. The number of aliphatic carboxylic acids is 2. The van der Waals surface area contributed by atoms with Gasteiger partial charge in [-0.15, -0.1) is 5.10 Å². The number of nitrogens with zero attached hydrogens (tertiary/aromatic N) is 9. The van der Waals surface area contributed by atoms with E-state index >= 15 is 0 Å². The Hall–Kier alpha value is -3.21. The molecule has 4 aromatic rings. The Morgan fingerprint density at radius 3 is 1.81 bits per heavy atom. The van der Waals surface area contributed by atoms with Crippen LogP contribution in [0.3, 0.4) is 0 Å². The van der Waals surface area contributed by atoms with Gasteiger partial charge in [0.1, 0.15) is 5.69 Å². The van der Waals surface area contributed by atoms with E-state index in [2.05, 4.69) is 44.4 Å². The monoisotopic (exact) mass is 767 g/mol. The Kier molecular flexibility index (Phi) is 12.5. The van der Waals surface area contributed by atoms with Crippen molar-refractivity contribution in [3.63, 3.8) is 0 Å². The molecule has 14 heteroatoms. The standard InChI is InChI=1S/C33H39N9O4.Nd/c43-32(44)23-40-13-9-38-10-14-41(24-33(45)46)16-12-39(11-15-40)21-28-17-26(25-5-2-1-3-6-25)18-29(35-28)22-42-31(19-34-37-42)30-8-4-7-27(20-38)36-30;/h1-8,17-19H,9-16,20-24H2,(H,43,44)(H,45,46);. The topological polar surface area (TPSA) is 144 Å². The number of rotatable bonds is 5. The Morgan fingerprint density at radius 1 is 0.638 bits per heavy atom. The Morgan fingerprint density at radius 2 is 1.21 bits per heavy atom. The van der Waals surface area contributed by atoms with Gasteiger partial charge in [-0.2, -0.15) is 0 Å². The minimum atomic E-state index is -0.860. The molecular weight excluding hydrogens is 731 g/mol. The van der Waals surface area contributed by atoms with Gasteiger partial charge in [-0.1, -0.05) is 41.6 Å². The molecule has 3 aliphatic heterocycles. The SMILES string of the molecule is O=C(O)CN1CCN2CCN(CC(=O)O)CCN(CC1)Cc1cccc(n1)-c1cnnn1Cc1cc(-c3ccccc3)cc(n1)C2.[Nd]. The van der Waals surface area contributed by atoms with Crippen molar-refractivity contribution in [2.75, 3.05) is 65.4 Å². The van der Waals surface area contributed by atoms with Gasteiger partial charge in [0.05, 0.1) is 48.6 Å². The number of fused-ring (bicyclic) bond motifs is 8. The molecule has 47 heavy (non-hydrogen) atoms. The summed E-state index contributed by atoms with van der Waals surface area (Å²) < 4.78 is 1.84. The molecule has 1 saturated heterocycles. The molecule has 2 N–H and O–H groups in total. The third-order valence-electron chi connectivity index (χ3n) is 8.46. The molecule has 6 heterocycles. The zero-order chi connectivity index (χ0) is 31.9. The molecule has 0 amide bonds. The summed E-state index contributed by atoms with van der Waals surface area (Å²) in [6.45, 7) is 6.03. The van der Waals surface area contributed by atoms with E-state index in [1.54, 1.807) is 6.20 Å². The van der Waals surface area contributed by atoms with Gasteiger partial charge in [-0.3, -0.25) is 34.2 Å². The second kappa shape index (κ2) is 16.8. The summed E-state index contributed by atoms with van der Waals surface area (Å²) in [6.07, 6.45) is 1.72. The zero-order valence-corrected chi connectivity index (χ0v) is 29.5. The summed E-state index contributed by atoms with van der Waals surface area (Å²) in [5.74, 6) is -1.72. The van der Waals surface area contributed by atoms with Gasteiger partial charge in [0.15, 0.2) is 0 Å². The second-order valence-corrected chi connectivity index (χ2v) is 11.9. The molecule has 7 rings (SSSR count). The smallest absolute Gasteiger partial charge is 0.317 e. The molecule has 13 nitrogen and oxygen atoms in total. The van der Waals surface area contributed by atoms with Crippen LogP contribution in [-0.4, -0.2) is 132 Å². The minimum absolute atomic E-state index is 0. The van der Waals surface area contributed by atoms with Crippen LogP contribution in [0.25, 0.3) is 22.5 Å². The van der Waals surface area contributed by atoms with Gasteiger partial charge in [-0.25, -0.2) is 9.67 Å². The number of hydrogen-bond donors (Lipinski definition) is 2. The quantitative estimate of drug-likeness (QED) is 0.306. The first-order valence-corrected chi connectivity index (χ1v) is 15.6. The second-order valence-electron chi connectivity index (χ2n) is 11.9. The molecule has 1 fully saturated rings. The minimum Gasteiger partial charge on any atom is -0.480 e. The molecule has 0 radical (unpaired) electrons. The maximum absolute atomic E-state index is 11.8. The average Bonchev–Trinajstić information content (AvgIpc) is 3.50. The van der Waals surface area contributed by atoms with E-state index in [1.165, 1.54) is 0 Å². The van der Waals surface area contributed by atoms with Crippen LogP contribution in [0.15, 0.2) is 66.9 Å². The summed E-state index contributed by atoms with van der Waals surface area (Å²) >= 11 is 0. The van der Waals surface area contributed by atoms with Crippen LogP contribution in [0, 0.1) is 40.8 Å². The van der Waals surface area contributed by atoms with Gasteiger partial charge in [0, 0.05) is 106 Å². The molecule has 0 unspecified atom stereocenters. The molecular formula is C33H39N9NdO4. The number of carbonyl (C=O) groups is 2. The van der Waals surface area contributed by atoms with E-state index in [4.69, 9.17) is 9.97 Å². The Bertz CT molecular complexity index is 1620. The van der Waals surface area contributed by atoms with Crippen LogP contribution < -0.4 is 0 Å². The van der Waals surface area contributed by atoms with E-state index in [9.17, 15) is 19.8 Å². The van der Waals surface area contributed by atoms with Gasteiger partial charge in [0.2, 0.25) is 0 Å². The molecule has 0 spiro atoms. The van der Waals surface area contributed by atoms with Crippen molar-refractivity contribution in [2.24, 2.45) is 0 Å². The molecule has 6 bridgehead atoms.